The minimum Gasteiger partial charge on any atom is -0.392 e. The van der Waals surface area contributed by atoms with E-state index < -0.39 is 0 Å². The van der Waals surface area contributed by atoms with E-state index in [9.17, 15) is 14.3 Å². The third kappa shape index (κ3) is 5.85. The van der Waals surface area contributed by atoms with Crippen LogP contribution >= 0.6 is 0 Å². The fourth-order valence-electron chi connectivity index (χ4n) is 2.47. The van der Waals surface area contributed by atoms with Crippen molar-refractivity contribution in [3.05, 3.63) is 70.5 Å². The summed E-state index contributed by atoms with van der Waals surface area (Å²) in [4.78, 5) is 13.8. The van der Waals surface area contributed by atoms with Crippen LogP contribution in [-0.2, 0) is 26.2 Å². The molecule has 25 heavy (non-hydrogen) atoms. The fraction of sp³-hybridized carbons (Fsp3) is 0.316. The van der Waals surface area contributed by atoms with Gasteiger partial charge in [-0.05, 0) is 36.9 Å². The van der Waals surface area contributed by atoms with Gasteiger partial charge in [-0.1, -0.05) is 36.4 Å². The zero-order chi connectivity index (χ0) is 18.2. The van der Waals surface area contributed by atoms with Crippen LogP contribution in [0.5, 0.6) is 0 Å². The summed E-state index contributed by atoms with van der Waals surface area (Å²) in [5.41, 5.74) is 2.96. The molecule has 0 fully saturated rings. The molecule has 0 radical (unpaired) electrons. The number of benzene rings is 2. The number of amides is 2. The summed E-state index contributed by atoms with van der Waals surface area (Å²) >= 11 is 0. The molecule has 6 heteroatoms. The summed E-state index contributed by atoms with van der Waals surface area (Å²) in [7, 11) is 3.77. The molecule has 0 bridgehead atoms. The van der Waals surface area contributed by atoms with Crippen molar-refractivity contribution in [2.24, 2.45) is 0 Å². The number of nitrogens with zero attached hydrogens (tertiary/aromatic N) is 1. The summed E-state index contributed by atoms with van der Waals surface area (Å²) in [5.74, 6) is -0.273. The third-order valence-electron chi connectivity index (χ3n) is 3.79. The minimum absolute atomic E-state index is 0.0714. The Balaban J connectivity index is 1.84. The molecule has 0 aliphatic heterocycles. The zero-order valence-corrected chi connectivity index (χ0v) is 14.6. The van der Waals surface area contributed by atoms with Crippen LogP contribution in [0, 0.1) is 5.82 Å². The summed E-state index contributed by atoms with van der Waals surface area (Å²) in [5, 5.41) is 14.7. The van der Waals surface area contributed by atoms with Gasteiger partial charge in [-0.2, -0.15) is 0 Å². The topological polar surface area (TPSA) is 64.6 Å². The molecule has 2 aromatic carbocycles. The normalized spacial score (nSPS) is 10.8. The highest BCUT2D eigenvalue weighted by Crippen LogP contribution is 2.12. The number of rotatable bonds is 7. The number of hydrogen-bond acceptors (Lipinski definition) is 3. The number of carbonyl (C=O) groups excluding carboxylic acids is 1. The number of nitrogens with one attached hydrogen (secondary N) is 2. The monoisotopic (exact) mass is 345 g/mol. The molecule has 0 unspecified atom stereocenters. The second-order valence-corrected chi connectivity index (χ2v) is 6.13. The number of carbonyl (C=O) groups is 1. The molecule has 0 aromatic heterocycles. The molecule has 2 rings (SSSR count). The largest absolute Gasteiger partial charge is 0.392 e. The quantitative estimate of drug-likeness (QED) is 0.722. The van der Waals surface area contributed by atoms with Crippen molar-refractivity contribution in [3.8, 4) is 0 Å². The first-order valence-corrected chi connectivity index (χ1v) is 8.11. The Labute approximate surface area is 147 Å². The van der Waals surface area contributed by atoms with Crippen LogP contribution in [0.3, 0.4) is 0 Å². The molecule has 3 N–H and O–H groups in total. The average molecular weight is 345 g/mol. The number of urea groups is 1. The van der Waals surface area contributed by atoms with Gasteiger partial charge in [-0.15, -0.1) is 0 Å². The van der Waals surface area contributed by atoms with Crippen molar-refractivity contribution in [2.45, 2.75) is 26.2 Å². The van der Waals surface area contributed by atoms with Gasteiger partial charge in [0.25, 0.3) is 0 Å². The van der Waals surface area contributed by atoms with Gasteiger partial charge in [0.05, 0.1) is 6.61 Å². The first kappa shape index (κ1) is 18.9. The lowest BCUT2D eigenvalue weighted by atomic mass is 10.1. The van der Waals surface area contributed by atoms with Crippen LogP contribution in [0.1, 0.15) is 22.3 Å². The van der Waals surface area contributed by atoms with Gasteiger partial charge >= 0.3 is 6.03 Å². The van der Waals surface area contributed by atoms with Gasteiger partial charge in [0.2, 0.25) is 0 Å². The second kappa shape index (κ2) is 9.15. The summed E-state index contributed by atoms with van der Waals surface area (Å²) in [6.45, 7) is 1.02. The highest BCUT2D eigenvalue weighted by molar-refractivity contribution is 5.73. The van der Waals surface area contributed by atoms with E-state index in [0.29, 0.717) is 24.2 Å². The van der Waals surface area contributed by atoms with E-state index in [-0.39, 0.29) is 25.0 Å². The maximum atomic E-state index is 14.0. The van der Waals surface area contributed by atoms with Crippen molar-refractivity contribution >= 4 is 6.03 Å². The van der Waals surface area contributed by atoms with Crippen molar-refractivity contribution in [1.82, 2.24) is 15.5 Å². The molecule has 0 aliphatic carbocycles. The Kier molecular flexibility index (Phi) is 6.91. The zero-order valence-electron chi connectivity index (χ0n) is 14.6. The molecular weight excluding hydrogens is 321 g/mol. The van der Waals surface area contributed by atoms with Crippen molar-refractivity contribution in [2.75, 3.05) is 14.1 Å². The molecule has 0 heterocycles. The molecule has 2 amide bonds. The molecule has 0 aliphatic rings. The predicted molar refractivity (Wildman–Crippen MR) is 95.2 cm³/mol. The van der Waals surface area contributed by atoms with E-state index >= 15 is 0 Å². The van der Waals surface area contributed by atoms with Crippen LogP contribution < -0.4 is 10.6 Å². The third-order valence-corrected chi connectivity index (χ3v) is 3.79. The van der Waals surface area contributed by atoms with E-state index in [1.54, 1.807) is 6.07 Å². The molecule has 2 aromatic rings. The summed E-state index contributed by atoms with van der Waals surface area (Å²) in [6.07, 6.45) is 0. The number of aliphatic hydroxyl groups is 1. The fourth-order valence-corrected chi connectivity index (χ4v) is 2.47. The van der Waals surface area contributed by atoms with E-state index in [1.807, 2.05) is 49.3 Å². The van der Waals surface area contributed by atoms with Crippen molar-refractivity contribution < 1.29 is 14.3 Å². The molecule has 0 atom stereocenters. The van der Waals surface area contributed by atoms with Crippen LogP contribution in [0.2, 0.25) is 0 Å². The standard InChI is InChI=1S/C19H24FN3O2/c1-23(2)12-16-8-7-14(9-18(16)20)10-21-19(25)22-11-15-5-3-4-6-17(15)13-24/h3-9,24H,10-13H2,1-2H3,(H2,21,22,25). The highest BCUT2D eigenvalue weighted by atomic mass is 19.1. The second-order valence-electron chi connectivity index (χ2n) is 6.13. The Morgan fingerprint density at radius 1 is 1.04 bits per heavy atom. The number of aliphatic hydroxyl groups excluding tert-OH is 1. The van der Waals surface area contributed by atoms with Crippen molar-refractivity contribution in [1.29, 1.82) is 0 Å². The lowest BCUT2D eigenvalue weighted by molar-refractivity contribution is 0.239. The maximum Gasteiger partial charge on any atom is 0.315 e. The average Bonchev–Trinajstić information content (AvgIpc) is 2.60. The van der Waals surface area contributed by atoms with Gasteiger partial charge in [-0.25, -0.2) is 9.18 Å². The SMILES string of the molecule is CN(C)Cc1ccc(CNC(=O)NCc2ccccc2CO)cc1F. The van der Waals surface area contributed by atoms with Gasteiger partial charge in [-0.3, -0.25) is 0 Å². The van der Waals surface area contributed by atoms with Gasteiger partial charge in [0.15, 0.2) is 0 Å². The highest BCUT2D eigenvalue weighted by Gasteiger charge is 2.07. The molecule has 0 saturated heterocycles. The van der Waals surface area contributed by atoms with Gasteiger partial charge in [0, 0.05) is 25.2 Å². The molecule has 0 spiro atoms. The van der Waals surface area contributed by atoms with E-state index in [4.69, 9.17) is 0 Å². The number of halogens is 1. The Morgan fingerprint density at radius 2 is 1.72 bits per heavy atom. The van der Waals surface area contributed by atoms with Crippen LogP contribution in [0.4, 0.5) is 9.18 Å². The lowest BCUT2D eigenvalue weighted by Gasteiger charge is -2.12. The van der Waals surface area contributed by atoms with Crippen LogP contribution in [-0.4, -0.2) is 30.1 Å². The smallest absolute Gasteiger partial charge is 0.315 e. The van der Waals surface area contributed by atoms with Gasteiger partial charge in [0.1, 0.15) is 5.82 Å². The summed E-state index contributed by atoms with van der Waals surface area (Å²) < 4.78 is 14.0. The van der Waals surface area contributed by atoms with Crippen LogP contribution in [0.25, 0.3) is 0 Å². The minimum atomic E-state index is -0.342. The predicted octanol–water partition coefficient (Wildman–Crippen LogP) is 2.38. The van der Waals surface area contributed by atoms with Gasteiger partial charge < -0.3 is 20.6 Å². The first-order valence-electron chi connectivity index (χ1n) is 8.11. The summed E-state index contributed by atoms with van der Waals surface area (Å²) in [6, 6.07) is 12.0. The Bertz CT molecular complexity index is 720. The van der Waals surface area contributed by atoms with E-state index in [2.05, 4.69) is 10.6 Å². The van der Waals surface area contributed by atoms with E-state index in [1.165, 1.54) is 6.07 Å². The van der Waals surface area contributed by atoms with Crippen LogP contribution in [0.15, 0.2) is 42.5 Å². The first-order chi connectivity index (χ1) is 12.0. The number of hydrogen-bond donors (Lipinski definition) is 3. The van der Waals surface area contributed by atoms with Crippen molar-refractivity contribution in [3.63, 3.8) is 0 Å². The Morgan fingerprint density at radius 3 is 2.36 bits per heavy atom. The molecular formula is C19H24FN3O2. The Hall–Kier alpha value is -2.44. The lowest BCUT2D eigenvalue weighted by Crippen LogP contribution is -2.34. The molecule has 134 valence electrons. The molecule has 5 nitrogen and oxygen atoms in total. The maximum absolute atomic E-state index is 14.0. The molecule has 0 saturated carbocycles. The van der Waals surface area contributed by atoms with E-state index in [0.717, 1.165) is 11.1 Å².